The zero-order chi connectivity index (χ0) is 17.6. The largest absolute Gasteiger partial charge is 0.341 e. The van der Waals surface area contributed by atoms with Gasteiger partial charge in [-0.3, -0.25) is 4.79 Å². The van der Waals surface area contributed by atoms with Crippen molar-refractivity contribution in [3.05, 3.63) is 54.4 Å². The molecule has 4 heteroatoms. The van der Waals surface area contributed by atoms with Crippen LogP contribution in [0.5, 0.6) is 0 Å². The van der Waals surface area contributed by atoms with E-state index in [0.717, 1.165) is 43.7 Å². The fraction of sp³-hybridized carbons (Fsp3) is 0.429. The smallest absolute Gasteiger partial charge is 0.272 e. The minimum Gasteiger partial charge on any atom is -0.341 e. The van der Waals surface area contributed by atoms with Crippen LogP contribution in [0.3, 0.4) is 0 Å². The molecule has 1 atom stereocenters. The number of amides is 1. The van der Waals surface area contributed by atoms with Crippen LogP contribution in [0.4, 0.5) is 11.4 Å². The van der Waals surface area contributed by atoms with Gasteiger partial charge in [-0.05, 0) is 56.9 Å². The van der Waals surface area contributed by atoms with Gasteiger partial charge in [0.15, 0.2) is 0 Å². The third-order valence-corrected chi connectivity index (χ3v) is 5.02. The molecule has 0 saturated carbocycles. The first-order valence-electron chi connectivity index (χ1n) is 9.34. The lowest BCUT2D eigenvalue weighted by Gasteiger charge is -2.35. The number of benzene rings is 1. The zero-order valence-corrected chi connectivity index (χ0v) is 15.2. The molecule has 25 heavy (non-hydrogen) atoms. The second kappa shape index (κ2) is 8.15. The van der Waals surface area contributed by atoms with Crippen LogP contribution in [0.15, 0.2) is 48.7 Å². The summed E-state index contributed by atoms with van der Waals surface area (Å²) in [5.74, 6) is 0.0702. The molecule has 4 nitrogen and oxygen atoms in total. The molecule has 0 N–H and O–H groups in total. The maximum atomic E-state index is 12.8. The fourth-order valence-corrected chi connectivity index (χ4v) is 3.63. The van der Waals surface area contributed by atoms with Gasteiger partial charge in [-0.25, -0.2) is 4.98 Å². The molecule has 1 saturated heterocycles. The molecule has 2 heterocycles. The minimum atomic E-state index is 0.0702. The van der Waals surface area contributed by atoms with Crippen molar-refractivity contribution in [2.45, 2.75) is 45.6 Å². The highest BCUT2D eigenvalue weighted by Crippen LogP contribution is 2.25. The monoisotopic (exact) mass is 337 g/mol. The first-order chi connectivity index (χ1) is 12.2. The Balaban J connectivity index is 1.78. The number of hydrogen-bond donors (Lipinski definition) is 0. The highest BCUT2D eigenvalue weighted by Gasteiger charge is 2.26. The molecular weight excluding hydrogens is 310 g/mol. The molecule has 0 radical (unpaired) electrons. The predicted octanol–water partition coefficient (Wildman–Crippen LogP) is 4.64. The highest BCUT2D eigenvalue weighted by molar-refractivity contribution is 5.92. The lowest BCUT2D eigenvalue weighted by Crippen LogP contribution is -2.43. The van der Waals surface area contributed by atoms with Crippen molar-refractivity contribution in [3.63, 3.8) is 0 Å². The molecule has 132 valence electrons. The van der Waals surface area contributed by atoms with Crippen LogP contribution in [-0.4, -0.2) is 34.9 Å². The van der Waals surface area contributed by atoms with Gasteiger partial charge in [-0.2, -0.15) is 0 Å². The first kappa shape index (κ1) is 17.5. The Labute approximate surface area is 150 Å². The average molecular weight is 337 g/mol. The third kappa shape index (κ3) is 3.84. The number of nitrogens with zero attached hydrogens (tertiary/aromatic N) is 3. The van der Waals surface area contributed by atoms with E-state index in [1.807, 2.05) is 41.4 Å². The van der Waals surface area contributed by atoms with Crippen LogP contribution in [-0.2, 0) is 0 Å². The molecule has 2 aromatic rings. The molecule has 0 spiro atoms. The van der Waals surface area contributed by atoms with E-state index in [1.54, 1.807) is 0 Å². The van der Waals surface area contributed by atoms with Crippen LogP contribution < -0.4 is 4.90 Å². The lowest BCUT2D eigenvalue weighted by molar-refractivity contribution is 0.0602. The second-order valence-electron chi connectivity index (χ2n) is 6.54. The summed E-state index contributed by atoms with van der Waals surface area (Å²) in [4.78, 5) is 21.5. The molecule has 1 aromatic heterocycles. The van der Waals surface area contributed by atoms with Crippen molar-refractivity contribution in [2.75, 3.05) is 18.0 Å². The molecule has 0 bridgehead atoms. The van der Waals surface area contributed by atoms with E-state index in [0.29, 0.717) is 11.7 Å². The van der Waals surface area contributed by atoms with Crippen molar-refractivity contribution < 1.29 is 4.79 Å². The van der Waals surface area contributed by atoms with Crippen molar-refractivity contribution >= 4 is 17.3 Å². The normalized spacial score (nSPS) is 17.4. The SMILES string of the molecule is CCC1CCCCN1C(=O)c1ccc(N(CC)c2ccccc2)cn1. The Morgan fingerprint density at radius 2 is 1.92 bits per heavy atom. The lowest BCUT2D eigenvalue weighted by atomic mass is 9.99. The number of pyridine rings is 1. The number of aromatic nitrogens is 1. The maximum Gasteiger partial charge on any atom is 0.272 e. The molecule has 3 rings (SSSR count). The Morgan fingerprint density at radius 1 is 1.12 bits per heavy atom. The average Bonchev–Trinajstić information content (AvgIpc) is 2.69. The third-order valence-electron chi connectivity index (χ3n) is 5.02. The van der Waals surface area contributed by atoms with Gasteiger partial charge in [0, 0.05) is 24.8 Å². The Morgan fingerprint density at radius 3 is 2.56 bits per heavy atom. The molecule has 1 amide bonds. The summed E-state index contributed by atoms with van der Waals surface area (Å²) in [6, 6.07) is 14.5. The van der Waals surface area contributed by atoms with E-state index >= 15 is 0 Å². The summed E-state index contributed by atoms with van der Waals surface area (Å²) in [6.07, 6.45) is 6.25. The van der Waals surface area contributed by atoms with Crippen LogP contribution >= 0.6 is 0 Å². The van der Waals surface area contributed by atoms with Gasteiger partial charge >= 0.3 is 0 Å². The number of para-hydroxylation sites is 1. The van der Waals surface area contributed by atoms with Crippen LogP contribution in [0.25, 0.3) is 0 Å². The van der Waals surface area contributed by atoms with Crippen molar-refractivity contribution in [2.24, 2.45) is 0 Å². The summed E-state index contributed by atoms with van der Waals surface area (Å²) in [7, 11) is 0. The molecule has 1 aliphatic heterocycles. The number of anilines is 2. The summed E-state index contributed by atoms with van der Waals surface area (Å²) in [5, 5.41) is 0. The van der Waals surface area contributed by atoms with Gasteiger partial charge in [-0.1, -0.05) is 25.1 Å². The van der Waals surface area contributed by atoms with E-state index in [4.69, 9.17) is 0 Å². The Bertz CT molecular complexity index is 684. The van der Waals surface area contributed by atoms with E-state index in [2.05, 4.69) is 35.9 Å². The summed E-state index contributed by atoms with van der Waals surface area (Å²) in [6.45, 7) is 5.98. The number of carbonyl (C=O) groups excluding carboxylic acids is 1. The first-order valence-corrected chi connectivity index (χ1v) is 9.34. The number of likely N-dealkylation sites (tertiary alicyclic amines) is 1. The number of carbonyl (C=O) groups is 1. The molecular formula is C21H27N3O. The van der Waals surface area contributed by atoms with Gasteiger partial charge in [0.25, 0.3) is 5.91 Å². The van der Waals surface area contributed by atoms with Crippen molar-refractivity contribution in [3.8, 4) is 0 Å². The van der Waals surface area contributed by atoms with Gasteiger partial charge in [-0.15, -0.1) is 0 Å². The van der Waals surface area contributed by atoms with Crippen molar-refractivity contribution in [1.29, 1.82) is 0 Å². The van der Waals surface area contributed by atoms with Crippen molar-refractivity contribution in [1.82, 2.24) is 9.88 Å². The number of rotatable bonds is 5. The Hall–Kier alpha value is -2.36. The van der Waals surface area contributed by atoms with Gasteiger partial charge in [0.05, 0.1) is 11.9 Å². The van der Waals surface area contributed by atoms with Gasteiger partial charge in [0.2, 0.25) is 0 Å². The van der Waals surface area contributed by atoms with E-state index < -0.39 is 0 Å². The second-order valence-corrected chi connectivity index (χ2v) is 6.54. The highest BCUT2D eigenvalue weighted by atomic mass is 16.2. The van der Waals surface area contributed by atoms with Gasteiger partial charge in [0.1, 0.15) is 5.69 Å². The standard InChI is InChI=1S/C21H27N3O/c1-3-17-10-8-9-15-24(17)21(25)20-14-13-19(16-22-20)23(4-2)18-11-6-5-7-12-18/h5-7,11-14,16-17H,3-4,8-10,15H2,1-2H3. The van der Waals surface area contributed by atoms with E-state index in [-0.39, 0.29) is 5.91 Å². The topological polar surface area (TPSA) is 36.4 Å². The predicted molar refractivity (Wildman–Crippen MR) is 102 cm³/mol. The zero-order valence-electron chi connectivity index (χ0n) is 15.2. The Kier molecular flexibility index (Phi) is 5.69. The quantitative estimate of drug-likeness (QED) is 0.797. The molecule has 1 aromatic carbocycles. The van der Waals surface area contributed by atoms with E-state index in [9.17, 15) is 4.79 Å². The molecule has 1 aliphatic rings. The number of hydrogen-bond acceptors (Lipinski definition) is 3. The maximum absolute atomic E-state index is 12.8. The summed E-state index contributed by atoms with van der Waals surface area (Å²) < 4.78 is 0. The van der Waals surface area contributed by atoms with E-state index in [1.165, 1.54) is 6.42 Å². The van der Waals surface area contributed by atoms with Gasteiger partial charge < -0.3 is 9.80 Å². The molecule has 1 fully saturated rings. The van der Waals surface area contributed by atoms with Crippen LogP contribution in [0.2, 0.25) is 0 Å². The van der Waals surface area contributed by atoms with Crippen LogP contribution in [0.1, 0.15) is 50.0 Å². The van der Waals surface area contributed by atoms with Crippen LogP contribution in [0, 0.1) is 0 Å². The molecule has 1 unspecified atom stereocenters. The fourth-order valence-electron chi connectivity index (χ4n) is 3.63. The summed E-state index contributed by atoms with van der Waals surface area (Å²) >= 11 is 0. The summed E-state index contributed by atoms with van der Waals surface area (Å²) in [5.41, 5.74) is 2.69. The number of piperidine rings is 1. The minimum absolute atomic E-state index is 0.0702. The molecule has 0 aliphatic carbocycles.